The molecule has 3 nitrogen and oxygen atoms in total. The summed E-state index contributed by atoms with van der Waals surface area (Å²) in [5.41, 5.74) is 0.0975. The van der Waals surface area contributed by atoms with Crippen LogP contribution in [0.15, 0.2) is 18.2 Å². The summed E-state index contributed by atoms with van der Waals surface area (Å²) in [6, 6.07) is 3.90. The predicted molar refractivity (Wildman–Crippen MR) is 53.5 cm³/mol. The zero-order chi connectivity index (χ0) is 11.3. The minimum absolute atomic E-state index is 0.0975. The number of carbonyl (C=O) groups is 1. The molecule has 0 aromatic heterocycles. The molecule has 0 unspecified atom stereocenters. The van der Waals surface area contributed by atoms with E-state index in [9.17, 15) is 13.6 Å². The molecule has 0 bridgehead atoms. The van der Waals surface area contributed by atoms with Gasteiger partial charge in [-0.2, -0.15) is 0 Å². The Morgan fingerprint density at radius 2 is 2.07 bits per heavy atom. The van der Waals surface area contributed by atoms with E-state index >= 15 is 0 Å². The second-order valence-corrected chi connectivity index (χ2v) is 3.01. The molecule has 0 saturated heterocycles. The number of nitrogens with one attached hydrogen (secondary N) is 2. The topological polar surface area (TPSA) is 41.1 Å². The monoisotopic (exact) mass is 214 g/mol. The Morgan fingerprint density at radius 1 is 1.33 bits per heavy atom. The summed E-state index contributed by atoms with van der Waals surface area (Å²) >= 11 is 0. The molecular formula is C10H12F2N2O. The molecule has 0 radical (unpaired) electrons. The molecule has 0 spiro atoms. The maximum atomic E-state index is 13.1. The van der Waals surface area contributed by atoms with Crippen LogP contribution in [0.1, 0.15) is 6.92 Å². The van der Waals surface area contributed by atoms with Gasteiger partial charge in [-0.05, 0) is 12.1 Å². The zero-order valence-corrected chi connectivity index (χ0v) is 8.31. The van der Waals surface area contributed by atoms with E-state index in [4.69, 9.17) is 0 Å². The average Bonchev–Trinajstić information content (AvgIpc) is 2.18. The highest BCUT2D eigenvalue weighted by Crippen LogP contribution is 2.15. The highest BCUT2D eigenvalue weighted by molar-refractivity contribution is 5.72. The fourth-order valence-electron chi connectivity index (χ4n) is 1.08. The second kappa shape index (κ2) is 5.29. The van der Waals surface area contributed by atoms with E-state index in [0.29, 0.717) is 13.1 Å². The summed E-state index contributed by atoms with van der Waals surface area (Å²) in [5, 5.41) is 5.21. The molecule has 2 N–H and O–H groups in total. The maximum Gasteiger partial charge on any atom is 0.216 e. The molecule has 1 aromatic rings. The minimum atomic E-state index is -0.902. The lowest BCUT2D eigenvalue weighted by Gasteiger charge is -2.07. The quantitative estimate of drug-likeness (QED) is 0.746. The normalized spacial score (nSPS) is 9.80. The second-order valence-electron chi connectivity index (χ2n) is 3.01. The van der Waals surface area contributed by atoms with Crippen LogP contribution in [0.3, 0.4) is 0 Å². The van der Waals surface area contributed by atoms with Gasteiger partial charge in [0.2, 0.25) is 5.91 Å². The van der Waals surface area contributed by atoms with Gasteiger partial charge in [-0.25, -0.2) is 8.78 Å². The van der Waals surface area contributed by atoms with Crippen molar-refractivity contribution in [2.24, 2.45) is 0 Å². The van der Waals surface area contributed by atoms with E-state index in [-0.39, 0.29) is 11.6 Å². The van der Waals surface area contributed by atoms with Crippen LogP contribution < -0.4 is 10.6 Å². The lowest BCUT2D eigenvalue weighted by Crippen LogP contribution is -2.26. The van der Waals surface area contributed by atoms with Gasteiger partial charge in [-0.3, -0.25) is 4.79 Å². The van der Waals surface area contributed by atoms with Gasteiger partial charge in [0.05, 0.1) is 5.69 Å². The van der Waals surface area contributed by atoms with E-state index < -0.39 is 11.6 Å². The Balaban J connectivity index is 2.44. The Morgan fingerprint density at radius 3 is 2.73 bits per heavy atom. The van der Waals surface area contributed by atoms with Crippen LogP contribution in [0.2, 0.25) is 0 Å². The van der Waals surface area contributed by atoms with Crippen molar-refractivity contribution in [1.29, 1.82) is 0 Å². The number of anilines is 1. The molecule has 0 fully saturated rings. The van der Waals surface area contributed by atoms with Gasteiger partial charge < -0.3 is 10.6 Å². The summed E-state index contributed by atoms with van der Waals surface area (Å²) < 4.78 is 25.8. The Bertz CT molecular complexity index is 355. The molecule has 0 atom stereocenters. The summed E-state index contributed by atoms with van der Waals surface area (Å²) in [7, 11) is 0. The third kappa shape index (κ3) is 3.53. The summed E-state index contributed by atoms with van der Waals surface area (Å²) in [5.74, 6) is -1.95. The number of halogens is 2. The first kappa shape index (κ1) is 11.4. The fraction of sp³-hybridized carbons (Fsp3) is 0.300. The lowest BCUT2D eigenvalue weighted by molar-refractivity contribution is -0.118. The van der Waals surface area contributed by atoms with E-state index in [0.717, 1.165) is 6.07 Å². The molecule has 0 heterocycles. The first-order valence-electron chi connectivity index (χ1n) is 4.53. The Kier molecular flexibility index (Phi) is 4.03. The first-order valence-corrected chi connectivity index (χ1v) is 4.53. The minimum Gasteiger partial charge on any atom is -0.381 e. The third-order valence-electron chi connectivity index (χ3n) is 1.77. The number of hydrogen-bond donors (Lipinski definition) is 2. The molecule has 0 aliphatic rings. The summed E-state index contributed by atoms with van der Waals surface area (Å²) in [4.78, 5) is 10.5. The Labute approximate surface area is 86.5 Å². The molecule has 5 heteroatoms. The number of rotatable bonds is 4. The lowest BCUT2D eigenvalue weighted by atomic mass is 10.3. The summed E-state index contributed by atoms with van der Waals surface area (Å²) in [6.07, 6.45) is 0. The molecule has 1 amide bonds. The fourth-order valence-corrected chi connectivity index (χ4v) is 1.08. The van der Waals surface area contributed by atoms with Crippen molar-refractivity contribution in [3.63, 3.8) is 0 Å². The van der Waals surface area contributed by atoms with Gasteiger partial charge >= 0.3 is 0 Å². The van der Waals surface area contributed by atoms with E-state index in [1.807, 2.05) is 0 Å². The number of amides is 1. The first-order chi connectivity index (χ1) is 7.11. The van der Waals surface area contributed by atoms with Gasteiger partial charge in [0.25, 0.3) is 0 Å². The van der Waals surface area contributed by atoms with Gasteiger partial charge in [0, 0.05) is 20.0 Å². The van der Waals surface area contributed by atoms with Crippen LogP contribution >= 0.6 is 0 Å². The zero-order valence-electron chi connectivity index (χ0n) is 8.31. The van der Waals surface area contributed by atoms with Crippen molar-refractivity contribution >= 4 is 11.6 Å². The third-order valence-corrected chi connectivity index (χ3v) is 1.77. The van der Waals surface area contributed by atoms with E-state index in [2.05, 4.69) is 10.6 Å². The van der Waals surface area contributed by atoms with Crippen molar-refractivity contribution in [1.82, 2.24) is 5.32 Å². The van der Waals surface area contributed by atoms with Gasteiger partial charge in [0.15, 0.2) is 11.6 Å². The van der Waals surface area contributed by atoms with E-state index in [1.165, 1.54) is 19.1 Å². The van der Waals surface area contributed by atoms with Crippen molar-refractivity contribution in [2.45, 2.75) is 6.92 Å². The predicted octanol–water partition coefficient (Wildman–Crippen LogP) is 1.51. The van der Waals surface area contributed by atoms with Gasteiger partial charge in [0.1, 0.15) is 0 Å². The van der Waals surface area contributed by atoms with Crippen molar-refractivity contribution < 1.29 is 13.6 Å². The largest absolute Gasteiger partial charge is 0.381 e. The molecule has 0 aliphatic heterocycles. The Hall–Kier alpha value is -1.65. The number of carbonyl (C=O) groups excluding carboxylic acids is 1. The van der Waals surface area contributed by atoms with Gasteiger partial charge in [-0.15, -0.1) is 0 Å². The molecule has 0 aliphatic carbocycles. The van der Waals surface area contributed by atoms with Crippen LogP contribution in [0.5, 0.6) is 0 Å². The highest BCUT2D eigenvalue weighted by Gasteiger charge is 2.05. The van der Waals surface area contributed by atoms with Gasteiger partial charge in [-0.1, -0.05) is 6.07 Å². The van der Waals surface area contributed by atoms with Crippen LogP contribution in [-0.4, -0.2) is 19.0 Å². The highest BCUT2D eigenvalue weighted by atomic mass is 19.2. The molecule has 15 heavy (non-hydrogen) atoms. The van der Waals surface area contributed by atoms with Crippen LogP contribution in [0.25, 0.3) is 0 Å². The molecule has 82 valence electrons. The summed E-state index contributed by atoms with van der Waals surface area (Å²) in [6.45, 7) is 2.11. The molecule has 1 rings (SSSR count). The van der Waals surface area contributed by atoms with Crippen molar-refractivity contribution in [2.75, 3.05) is 18.4 Å². The van der Waals surface area contributed by atoms with Crippen LogP contribution in [0.4, 0.5) is 14.5 Å². The van der Waals surface area contributed by atoms with Crippen molar-refractivity contribution in [3.8, 4) is 0 Å². The standard InChI is InChI=1S/C10H12F2N2O/c1-7(15)13-5-6-14-9-4-2-3-8(11)10(9)12/h2-4,14H,5-6H2,1H3,(H,13,15). The molecule has 1 aromatic carbocycles. The smallest absolute Gasteiger partial charge is 0.216 e. The molecular weight excluding hydrogens is 202 g/mol. The van der Waals surface area contributed by atoms with E-state index in [1.54, 1.807) is 0 Å². The van der Waals surface area contributed by atoms with Crippen LogP contribution in [0, 0.1) is 11.6 Å². The maximum absolute atomic E-state index is 13.1. The number of hydrogen-bond acceptors (Lipinski definition) is 2. The SMILES string of the molecule is CC(=O)NCCNc1cccc(F)c1F. The van der Waals surface area contributed by atoms with Crippen molar-refractivity contribution in [3.05, 3.63) is 29.8 Å². The average molecular weight is 214 g/mol. The molecule has 0 saturated carbocycles. The van der Waals surface area contributed by atoms with Crippen LogP contribution in [-0.2, 0) is 4.79 Å². The number of benzene rings is 1.